The third kappa shape index (κ3) is 4.10. The van der Waals surface area contributed by atoms with Gasteiger partial charge in [0.25, 0.3) is 0 Å². The molecule has 0 aliphatic rings. The van der Waals surface area contributed by atoms with E-state index in [-0.39, 0.29) is 24.7 Å². The number of aromatic nitrogens is 2. The van der Waals surface area contributed by atoms with Crippen LogP contribution in [0, 0.1) is 5.82 Å². The van der Waals surface area contributed by atoms with Gasteiger partial charge in [-0.3, -0.25) is 4.79 Å². The van der Waals surface area contributed by atoms with Gasteiger partial charge in [0, 0.05) is 13.0 Å². The van der Waals surface area contributed by atoms with Crippen molar-refractivity contribution < 1.29 is 13.9 Å². The summed E-state index contributed by atoms with van der Waals surface area (Å²) in [6.07, 6.45) is 0.795. The van der Waals surface area contributed by atoms with Crippen LogP contribution in [0.1, 0.15) is 12.2 Å². The van der Waals surface area contributed by atoms with E-state index in [2.05, 4.69) is 15.3 Å². The van der Waals surface area contributed by atoms with Gasteiger partial charge in [0.2, 0.25) is 5.91 Å². The maximum Gasteiger partial charge on any atom is 0.223 e. The first kappa shape index (κ1) is 16.0. The number of ether oxygens (including phenoxy) is 1. The molecule has 0 aliphatic heterocycles. The summed E-state index contributed by atoms with van der Waals surface area (Å²) in [5, 5.41) is 2.80. The van der Waals surface area contributed by atoms with Crippen LogP contribution in [0.4, 0.5) is 4.39 Å². The Labute approximate surface area is 138 Å². The van der Waals surface area contributed by atoms with Gasteiger partial charge in [0.1, 0.15) is 5.82 Å². The fourth-order valence-electron chi connectivity index (χ4n) is 2.35. The number of rotatable bonds is 7. The number of amides is 1. The number of aromatic amines is 1. The molecule has 1 heterocycles. The molecular weight excluding hydrogens is 309 g/mol. The van der Waals surface area contributed by atoms with E-state index in [0.717, 1.165) is 16.9 Å². The summed E-state index contributed by atoms with van der Waals surface area (Å²) >= 11 is 0. The highest BCUT2D eigenvalue weighted by atomic mass is 19.1. The molecule has 6 heteroatoms. The van der Waals surface area contributed by atoms with E-state index >= 15 is 0 Å². The van der Waals surface area contributed by atoms with Crippen LogP contribution in [0.5, 0.6) is 5.75 Å². The third-order valence-electron chi connectivity index (χ3n) is 3.55. The zero-order chi connectivity index (χ0) is 16.8. The molecule has 3 rings (SSSR count). The highest BCUT2D eigenvalue weighted by Gasteiger charge is 2.06. The molecular formula is C18H18FN3O2. The number of nitrogens with zero attached hydrogens (tertiary/aromatic N) is 1. The summed E-state index contributed by atoms with van der Waals surface area (Å²) in [6, 6.07) is 13.9. The van der Waals surface area contributed by atoms with Crippen LogP contribution in [-0.2, 0) is 11.2 Å². The molecule has 3 aromatic rings. The lowest BCUT2D eigenvalue weighted by Gasteiger charge is -2.07. The topological polar surface area (TPSA) is 67.0 Å². The molecule has 0 saturated heterocycles. The molecule has 0 atom stereocenters. The van der Waals surface area contributed by atoms with E-state index < -0.39 is 5.82 Å². The maximum atomic E-state index is 13.4. The van der Waals surface area contributed by atoms with E-state index in [1.807, 2.05) is 24.3 Å². The smallest absolute Gasteiger partial charge is 0.223 e. The molecule has 0 fully saturated rings. The Balaban J connectivity index is 1.39. The number of carbonyl (C=O) groups is 1. The lowest BCUT2D eigenvalue weighted by molar-refractivity contribution is -0.121. The van der Waals surface area contributed by atoms with Gasteiger partial charge < -0.3 is 15.0 Å². The number of imidazole rings is 1. The number of para-hydroxylation sites is 3. The van der Waals surface area contributed by atoms with Crippen molar-refractivity contribution in [3.63, 3.8) is 0 Å². The van der Waals surface area contributed by atoms with Crippen LogP contribution in [0.2, 0.25) is 0 Å². The highest BCUT2D eigenvalue weighted by Crippen LogP contribution is 2.15. The minimum Gasteiger partial charge on any atom is -0.490 e. The van der Waals surface area contributed by atoms with Crippen molar-refractivity contribution in [3.8, 4) is 5.75 Å². The average molecular weight is 327 g/mol. The van der Waals surface area contributed by atoms with Gasteiger partial charge in [0.15, 0.2) is 11.6 Å². The number of hydrogen-bond donors (Lipinski definition) is 2. The van der Waals surface area contributed by atoms with Crippen LogP contribution >= 0.6 is 0 Å². The predicted molar refractivity (Wildman–Crippen MR) is 89.3 cm³/mol. The zero-order valence-electron chi connectivity index (χ0n) is 13.1. The normalized spacial score (nSPS) is 10.7. The van der Waals surface area contributed by atoms with Crippen molar-refractivity contribution >= 4 is 16.9 Å². The molecule has 0 spiro atoms. The molecule has 0 unspecified atom stereocenters. The van der Waals surface area contributed by atoms with Gasteiger partial charge in [-0.25, -0.2) is 9.37 Å². The molecule has 2 aromatic carbocycles. The average Bonchev–Trinajstić information content (AvgIpc) is 2.99. The van der Waals surface area contributed by atoms with Crippen LogP contribution in [0.25, 0.3) is 11.0 Å². The van der Waals surface area contributed by atoms with Gasteiger partial charge in [0.05, 0.1) is 24.1 Å². The zero-order valence-corrected chi connectivity index (χ0v) is 13.1. The Bertz CT molecular complexity index is 799. The number of benzene rings is 2. The van der Waals surface area contributed by atoms with Crippen molar-refractivity contribution in [1.82, 2.24) is 15.3 Å². The number of hydrogen-bond acceptors (Lipinski definition) is 3. The van der Waals surface area contributed by atoms with Gasteiger partial charge in [-0.15, -0.1) is 0 Å². The summed E-state index contributed by atoms with van der Waals surface area (Å²) in [7, 11) is 0. The second-order valence-corrected chi connectivity index (χ2v) is 5.33. The van der Waals surface area contributed by atoms with Gasteiger partial charge in [-0.1, -0.05) is 24.3 Å². The predicted octanol–water partition coefficient (Wildman–Crippen LogP) is 2.83. The lowest BCUT2D eigenvalue weighted by atomic mass is 10.3. The number of halogens is 1. The number of fused-ring (bicyclic) bond motifs is 1. The van der Waals surface area contributed by atoms with Crippen molar-refractivity contribution in [3.05, 3.63) is 60.2 Å². The number of H-pyrrole nitrogens is 1. The maximum absolute atomic E-state index is 13.4. The molecule has 24 heavy (non-hydrogen) atoms. The molecule has 124 valence electrons. The second-order valence-electron chi connectivity index (χ2n) is 5.33. The first-order valence-corrected chi connectivity index (χ1v) is 7.80. The van der Waals surface area contributed by atoms with Crippen molar-refractivity contribution in [2.75, 3.05) is 13.2 Å². The first-order chi connectivity index (χ1) is 11.7. The number of carbonyl (C=O) groups excluding carboxylic acids is 1. The summed E-state index contributed by atoms with van der Waals surface area (Å²) in [4.78, 5) is 19.4. The molecule has 2 N–H and O–H groups in total. The Morgan fingerprint density at radius 2 is 1.96 bits per heavy atom. The minimum atomic E-state index is -0.428. The summed E-state index contributed by atoms with van der Waals surface area (Å²) in [6.45, 7) is 0.621. The number of nitrogens with one attached hydrogen (secondary N) is 2. The third-order valence-corrected chi connectivity index (χ3v) is 3.55. The van der Waals surface area contributed by atoms with Gasteiger partial charge in [-0.05, 0) is 24.3 Å². The monoisotopic (exact) mass is 327 g/mol. The largest absolute Gasteiger partial charge is 0.490 e. The molecule has 0 aliphatic carbocycles. The standard InChI is InChI=1S/C18H18FN3O2/c19-13-5-1-4-8-16(13)24-12-10-18(23)20-11-9-17-21-14-6-2-3-7-15(14)22-17/h1-8H,9-12H2,(H,20,23)(H,21,22). The lowest BCUT2D eigenvalue weighted by Crippen LogP contribution is -2.27. The molecule has 0 saturated carbocycles. The van der Waals surface area contributed by atoms with Crippen molar-refractivity contribution in [1.29, 1.82) is 0 Å². The van der Waals surface area contributed by atoms with E-state index in [0.29, 0.717) is 13.0 Å². The molecule has 1 aromatic heterocycles. The van der Waals surface area contributed by atoms with E-state index in [4.69, 9.17) is 4.74 Å². The first-order valence-electron chi connectivity index (χ1n) is 7.80. The van der Waals surface area contributed by atoms with E-state index in [9.17, 15) is 9.18 Å². The van der Waals surface area contributed by atoms with Crippen LogP contribution in [0.3, 0.4) is 0 Å². The molecule has 1 amide bonds. The fourth-order valence-corrected chi connectivity index (χ4v) is 2.35. The van der Waals surface area contributed by atoms with Crippen LogP contribution in [0.15, 0.2) is 48.5 Å². The molecule has 0 bridgehead atoms. The van der Waals surface area contributed by atoms with Crippen molar-refractivity contribution in [2.45, 2.75) is 12.8 Å². The highest BCUT2D eigenvalue weighted by molar-refractivity contribution is 5.76. The minimum absolute atomic E-state index is 0.136. The Morgan fingerprint density at radius 1 is 1.17 bits per heavy atom. The van der Waals surface area contributed by atoms with Crippen molar-refractivity contribution in [2.24, 2.45) is 0 Å². The van der Waals surface area contributed by atoms with Crippen LogP contribution < -0.4 is 10.1 Å². The van der Waals surface area contributed by atoms with Gasteiger partial charge in [-0.2, -0.15) is 0 Å². The quantitative estimate of drug-likeness (QED) is 0.701. The fraction of sp³-hybridized carbons (Fsp3) is 0.222. The summed E-state index contributed by atoms with van der Waals surface area (Å²) in [5.41, 5.74) is 1.90. The Hall–Kier alpha value is -2.89. The SMILES string of the molecule is O=C(CCOc1ccccc1F)NCCc1nc2ccccc2[nH]1. The Kier molecular flexibility index (Phi) is 5.05. The van der Waals surface area contributed by atoms with E-state index in [1.165, 1.54) is 12.1 Å². The summed E-state index contributed by atoms with van der Waals surface area (Å²) in [5.74, 6) is 0.428. The van der Waals surface area contributed by atoms with E-state index in [1.54, 1.807) is 12.1 Å². The van der Waals surface area contributed by atoms with Gasteiger partial charge >= 0.3 is 0 Å². The molecule has 5 nitrogen and oxygen atoms in total. The Morgan fingerprint density at radius 3 is 2.79 bits per heavy atom. The molecule has 0 radical (unpaired) electrons. The van der Waals surface area contributed by atoms with Crippen LogP contribution in [-0.4, -0.2) is 29.0 Å². The second kappa shape index (κ2) is 7.59. The summed E-state index contributed by atoms with van der Waals surface area (Å²) < 4.78 is 18.6.